The second-order valence-corrected chi connectivity index (χ2v) is 9.46. The molecule has 0 aromatic heterocycles. The van der Waals surface area contributed by atoms with Crippen molar-refractivity contribution < 1.29 is 39.1 Å². The van der Waals surface area contributed by atoms with E-state index in [0.717, 1.165) is 23.1 Å². The smallest absolute Gasteiger partial charge is 0.302 e. The number of aliphatic hydroxyl groups excluding tert-OH is 2. The van der Waals surface area contributed by atoms with Gasteiger partial charge in [0, 0.05) is 33.4 Å². The van der Waals surface area contributed by atoms with Crippen molar-refractivity contribution in [2.45, 2.75) is 71.5 Å². The van der Waals surface area contributed by atoms with E-state index >= 15 is 0 Å². The van der Waals surface area contributed by atoms with Crippen molar-refractivity contribution in [3.8, 4) is 11.5 Å². The maximum atomic E-state index is 11.9. The number of aliphatic hydroxyl groups is 2. The molecule has 0 fully saturated rings. The minimum atomic E-state index is -0.530. The van der Waals surface area contributed by atoms with Crippen molar-refractivity contribution in [3.63, 3.8) is 0 Å². The lowest BCUT2D eigenvalue weighted by atomic mass is 9.91. The largest absolute Gasteiger partial charge is 0.504 e. The average molecular weight is 535 g/mol. The Kier molecular flexibility index (Phi) is 12.9. The van der Waals surface area contributed by atoms with E-state index in [0.29, 0.717) is 44.5 Å². The molecular weight excluding hydrogens is 492 g/mol. The summed E-state index contributed by atoms with van der Waals surface area (Å²) in [5.74, 6) is -0.0692. The number of esters is 2. The standard InChI is InChI=1S/C28H42N2O8/c1-4-20(17-32)5-7-23(37-18(2)33)15-24(38-19(3)34)8-6-21-13-27(36-12-11-31)26(35)16-25(21)22-9-10-30-28(29)14-22/h9,13-14,16,20,23-24,30-32,35H,4-8,10-12,15,17,29H2,1-3H3. The molecule has 1 aromatic carbocycles. The molecule has 212 valence electrons. The minimum Gasteiger partial charge on any atom is -0.504 e. The van der Waals surface area contributed by atoms with E-state index in [4.69, 9.17) is 25.1 Å². The van der Waals surface area contributed by atoms with E-state index in [1.165, 1.54) is 13.8 Å². The summed E-state index contributed by atoms with van der Waals surface area (Å²) in [6.45, 7) is 5.11. The van der Waals surface area contributed by atoms with Crippen LogP contribution in [0.15, 0.2) is 30.1 Å². The zero-order valence-electron chi connectivity index (χ0n) is 22.6. The first-order valence-electron chi connectivity index (χ1n) is 13.1. The third-order valence-corrected chi connectivity index (χ3v) is 6.44. The van der Waals surface area contributed by atoms with Gasteiger partial charge in [-0.1, -0.05) is 19.4 Å². The number of aromatic hydroxyl groups is 1. The fourth-order valence-electron chi connectivity index (χ4n) is 4.48. The van der Waals surface area contributed by atoms with Crippen LogP contribution in [0.5, 0.6) is 11.5 Å². The second-order valence-electron chi connectivity index (χ2n) is 9.46. The Morgan fingerprint density at radius 1 is 1.08 bits per heavy atom. The van der Waals surface area contributed by atoms with Crippen LogP contribution in [0.2, 0.25) is 0 Å². The SMILES string of the molecule is CCC(CO)CCC(CC(CCc1cc(OCCO)c(O)cc1C1=CCNC(N)=C1)OC(C)=O)OC(C)=O. The van der Waals surface area contributed by atoms with Gasteiger partial charge >= 0.3 is 11.9 Å². The summed E-state index contributed by atoms with van der Waals surface area (Å²) in [5.41, 5.74) is 8.39. The third kappa shape index (κ3) is 10.3. The van der Waals surface area contributed by atoms with Crippen molar-refractivity contribution in [2.75, 3.05) is 26.4 Å². The van der Waals surface area contributed by atoms with Gasteiger partial charge in [-0.05, 0) is 66.5 Å². The molecular formula is C28H42N2O8. The van der Waals surface area contributed by atoms with Crippen LogP contribution in [0, 0.1) is 5.92 Å². The molecule has 0 radical (unpaired) electrons. The number of carbonyl (C=O) groups is 2. The monoisotopic (exact) mass is 534 g/mol. The van der Waals surface area contributed by atoms with Crippen molar-refractivity contribution in [3.05, 3.63) is 41.2 Å². The molecule has 1 aliphatic rings. The summed E-state index contributed by atoms with van der Waals surface area (Å²) in [7, 11) is 0. The Morgan fingerprint density at radius 3 is 2.34 bits per heavy atom. The molecule has 0 spiro atoms. The van der Waals surface area contributed by atoms with Crippen LogP contribution in [-0.4, -0.2) is 65.8 Å². The van der Waals surface area contributed by atoms with E-state index in [1.54, 1.807) is 18.2 Å². The third-order valence-electron chi connectivity index (χ3n) is 6.44. The van der Waals surface area contributed by atoms with Gasteiger partial charge in [-0.2, -0.15) is 0 Å². The summed E-state index contributed by atoms with van der Waals surface area (Å²) >= 11 is 0. The van der Waals surface area contributed by atoms with Gasteiger partial charge in [0.1, 0.15) is 18.8 Å². The fourth-order valence-corrected chi connectivity index (χ4v) is 4.48. The van der Waals surface area contributed by atoms with Crippen molar-refractivity contribution >= 4 is 17.5 Å². The molecule has 10 nitrogen and oxygen atoms in total. The summed E-state index contributed by atoms with van der Waals surface area (Å²) in [4.78, 5) is 23.7. The number of dihydropyridines is 1. The summed E-state index contributed by atoms with van der Waals surface area (Å²) in [5, 5.41) is 32.3. The lowest BCUT2D eigenvalue weighted by molar-refractivity contribution is -0.153. The number of allylic oxidation sites excluding steroid dienone is 2. The first-order valence-corrected chi connectivity index (χ1v) is 13.1. The van der Waals surface area contributed by atoms with E-state index in [-0.39, 0.29) is 37.2 Å². The lowest BCUT2D eigenvalue weighted by Gasteiger charge is -2.25. The molecule has 3 unspecified atom stereocenters. The van der Waals surface area contributed by atoms with Crippen molar-refractivity contribution in [2.24, 2.45) is 11.7 Å². The Hall–Kier alpha value is -3.24. The van der Waals surface area contributed by atoms with Gasteiger partial charge in [0.05, 0.1) is 12.4 Å². The molecule has 1 heterocycles. The predicted molar refractivity (Wildman–Crippen MR) is 143 cm³/mol. The van der Waals surface area contributed by atoms with Gasteiger partial charge < -0.3 is 40.6 Å². The summed E-state index contributed by atoms with van der Waals surface area (Å²) < 4.78 is 16.7. The van der Waals surface area contributed by atoms with Crippen LogP contribution in [0.1, 0.15) is 64.0 Å². The average Bonchev–Trinajstić information content (AvgIpc) is 2.86. The number of nitrogens with two attached hydrogens (primary N) is 1. The van der Waals surface area contributed by atoms with Crippen molar-refractivity contribution in [1.29, 1.82) is 0 Å². The van der Waals surface area contributed by atoms with Gasteiger partial charge in [0.25, 0.3) is 0 Å². The number of rotatable bonds is 16. The fraction of sp³-hybridized carbons (Fsp3) is 0.571. The molecule has 3 atom stereocenters. The van der Waals surface area contributed by atoms with E-state index in [1.807, 2.05) is 13.0 Å². The molecule has 38 heavy (non-hydrogen) atoms. The van der Waals surface area contributed by atoms with Crippen LogP contribution in [0.3, 0.4) is 0 Å². The topological polar surface area (TPSA) is 161 Å². The number of ether oxygens (including phenoxy) is 3. The highest BCUT2D eigenvalue weighted by Gasteiger charge is 2.24. The maximum absolute atomic E-state index is 11.9. The van der Waals surface area contributed by atoms with Crippen LogP contribution in [0.4, 0.5) is 0 Å². The molecule has 1 aliphatic heterocycles. The first-order chi connectivity index (χ1) is 18.2. The molecule has 6 N–H and O–H groups in total. The number of nitrogens with one attached hydrogen (secondary N) is 1. The van der Waals surface area contributed by atoms with Crippen LogP contribution in [0.25, 0.3) is 5.57 Å². The van der Waals surface area contributed by atoms with Crippen LogP contribution >= 0.6 is 0 Å². The van der Waals surface area contributed by atoms with Gasteiger partial charge in [0.15, 0.2) is 11.5 Å². The van der Waals surface area contributed by atoms with Gasteiger partial charge in [-0.15, -0.1) is 0 Å². The zero-order valence-corrected chi connectivity index (χ0v) is 22.6. The highest BCUT2D eigenvalue weighted by atomic mass is 16.6. The molecule has 0 saturated heterocycles. The molecule has 2 rings (SSSR count). The van der Waals surface area contributed by atoms with Crippen LogP contribution in [-0.2, 0) is 25.5 Å². The number of phenols is 1. The second kappa shape index (κ2) is 15.9. The molecule has 1 aromatic rings. The molecule has 10 heteroatoms. The van der Waals surface area contributed by atoms with Gasteiger partial charge in [-0.3, -0.25) is 9.59 Å². The van der Waals surface area contributed by atoms with Crippen molar-refractivity contribution in [1.82, 2.24) is 5.32 Å². The highest BCUT2D eigenvalue weighted by Crippen LogP contribution is 2.35. The number of carbonyl (C=O) groups excluding carboxylic acids is 2. The normalized spacial score (nSPS) is 15.4. The van der Waals surface area contributed by atoms with E-state index in [9.17, 15) is 19.8 Å². The Balaban J connectivity index is 2.29. The number of hydrogen-bond donors (Lipinski definition) is 5. The number of phenolic OH excluding ortho intramolecular Hbond substituents is 1. The first kappa shape index (κ1) is 31.0. The zero-order chi connectivity index (χ0) is 28.1. The van der Waals surface area contributed by atoms with E-state index in [2.05, 4.69) is 5.32 Å². The Labute approximate surface area is 224 Å². The van der Waals surface area contributed by atoms with Gasteiger partial charge in [-0.25, -0.2) is 0 Å². The molecule has 0 saturated carbocycles. The number of hydrogen-bond acceptors (Lipinski definition) is 10. The van der Waals surface area contributed by atoms with Gasteiger partial charge in [0.2, 0.25) is 0 Å². The Bertz CT molecular complexity index is 987. The van der Waals surface area contributed by atoms with Crippen LogP contribution < -0.4 is 15.8 Å². The molecule has 0 bridgehead atoms. The minimum absolute atomic E-state index is 0.0263. The summed E-state index contributed by atoms with van der Waals surface area (Å²) in [6.07, 6.45) is 5.99. The Morgan fingerprint density at radius 2 is 1.76 bits per heavy atom. The number of aryl methyl sites for hydroxylation is 1. The quantitative estimate of drug-likeness (QED) is 0.199. The molecule has 0 amide bonds. The number of benzene rings is 1. The maximum Gasteiger partial charge on any atom is 0.302 e. The lowest BCUT2D eigenvalue weighted by Crippen LogP contribution is -2.27. The predicted octanol–water partition coefficient (Wildman–Crippen LogP) is 2.53. The summed E-state index contributed by atoms with van der Waals surface area (Å²) in [6, 6.07) is 3.32. The van der Waals surface area contributed by atoms with E-state index < -0.39 is 24.1 Å². The molecule has 0 aliphatic carbocycles. The highest BCUT2D eigenvalue weighted by molar-refractivity contribution is 5.79.